The van der Waals surface area contributed by atoms with Gasteiger partial charge in [0.2, 0.25) is 0 Å². The van der Waals surface area contributed by atoms with E-state index in [1.54, 1.807) is 36.5 Å². The molecule has 0 unspecified atom stereocenters. The van der Waals surface area contributed by atoms with E-state index in [-0.39, 0.29) is 5.91 Å². The summed E-state index contributed by atoms with van der Waals surface area (Å²) in [6.07, 6.45) is 2.61. The number of hydrogen-bond acceptors (Lipinski definition) is 3. The maximum Gasteiger partial charge on any atom is 0.255 e. The molecule has 0 fully saturated rings. The molecule has 21 heavy (non-hydrogen) atoms. The molecule has 0 saturated carbocycles. The monoisotopic (exact) mass is 367 g/mol. The summed E-state index contributed by atoms with van der Waals surface area (Å²) >= 11 is 9.32. The fourth-order valence-corrected chi connectivity index (χ4v) is 2.13. The highest BCUT2D eigenvalue weighted by Crippen LogP contribution is 2.25. The zero-order chi connectivity index (χ0) is 15.2. The van der Waals surface area contributed by atoms with Crippen molar-refractivity contribution in [1.82, 2.24) is 4.98 Å². The van der Waals surface area contributed by atoms with Crippen LogP contribution in [0.2, 0.25) is 5.02 Å². The Kier molecular flexibility index (Phi) is 5.59. The van der Waals surface area contributed by atoms with E-state index in [1.807, 2.05) is 0 Å². The molecule has 0 spiro atoms. The Bertz CT molecular complexity index is 649. The Morgan fingerprint density at radius 2 is 2.14 bits per heavy atom. The number of carbonyl (C=O) groups excluding carboxylic acids is 1. The molecule has 0 aliphatic carbocycles. The van der Waals surface area contributed by atoms with Crippen LogP contribution in [0, 0.1) is 0 Å². The number of hydrogen-bond donors (Lipinski definition) is 2. The Balaban J connectivity index is 2.10. The van der Waals surface area contributed by atoms with Gasteiger partial charge in [0, 0.05) is 28.5 Å². The molecule has 0 aliphatic rings. The highest BCUT2D eigenvalue weighted by molar-refractivity contribution is 9.10. The van der Waals surface area contributed by atoms with Crippen LogP contribution in [0.1, 0.15) is 23.7 Å². The predicted octanol–water partition coefficient (Wildman–Crippen LogP) is 4.57. The molecule has 2 N–H and O–H groups in total. The summed E-state index contributed by atoms with van der Waals surface area (Å²) in [5.41, 5.74) is 1.19. The van der Waals surface area contributed by atoms with Gasteiger partial charge in [0.05, 0.1) is 5.02 Å². The lowest BCUT2D eigenvalue weighted by Crippen LogP contribution is -2.13. The van der Waals surface area contributed by atoms with Gasteiger partial charge in [0.1, 0.15) is 5.82 Å². The lowest BCUT2D eigenvalue weighted by molar-refractivity contribution is 0.102. The van der Waals surface area contributed by atoms with Crippen LogP contribution in [0.5, 0.6) is 0 Å². The topological polar surface area (TPSA) is 54.0 Å². The van der Waals surface area contributed by atoms with Crippen LogP contribution in [0.25, 0.3) is 0 Å². The minimum absolute atomic E-state index is 0.199. The first kappa shape index (κ1) is 15.8. The summed E-state index contributed by atoms with van der Waals surface area (Å²) in [6.45, 7) is 2.89. The Labute approximate surface area is 137 Å². The zero-order valence-corrected chi connectivity index (χ0v) is 13.8. The maximum atomic E-state index is 12.2. The number of pyridine rings is 1. The molecule has 1 aromatic heterocycles. The van der Waals surface area contributed by atoms with Crippen molar-refractivity contribution in [2.24, 2.45) is 0 Å². The second kappa shape index (κ2) is 7.43. The third kappa shape index (κ3) is 4.44. The molecule has 4 nitrogen and oxygen atoms in total. The fourth-order valence-electron chi connectivity index (χ4n) is 1.70. The second-order valence-electron chi connectivity index (χ2n) is 4.44. The summed E-state index contributed by atoms with van der Waals surface area (Å²) in [5, 5.41) is 6.51. The summed E-state index contributed by atoms with van der Waals surface area (Å²) in [4.78, 5) is 16.4. The smallest absolute Gasteiger partial charge is 0.255 e. The van der Waals surface area contributed by atoms with Crippen molar-refractivity contribution in [1.29, 1.82) is 0 Å². The van der Waals surface area contributed by atoms with Crippen molar-refractivity contribution < 1.29 is 4.79 Å². The quantitative estimate of drug-likeness (QED) is 0.812. The van der Waals surface area contributed by atoms with E-state index in [9.17, 15) is 4.79 Å². The van der Waals surface area contributed by atoms with Gasteiger partial charge >= 0.3 is 0 Å². The van der Waals surface area contributed by atoms with E-state index < -0.39 is 0 Å². The summed E-state index contributed by atoms with van der Waals surface area (Å²) < 4.78 is 0.789. The number of nitrogens with one attached hydrogen (secondary N) is 2. The molecule has 110 valence electrons. The minimum Gasteiger partial charge on any atom is -0.370 e. The number of halogens is 2. The fraction of sp³-hybridized carbons (Fsp3) is 0.200. The van der Waals surface area contributed by atoms with Gasteiger partial charge in [-0.1, -0.05) is 18.5 Å². The Hall–Kier alpha value is -1.59. The Morgan fingerprint density at radius 1 is 1.33 bits per heavy atom. The first-order valence-corrected chi connectivity index (χ1v) is 7.73. The molecule has 0 saturated heterocycles. The largest absolute Gasteiger partial charge is 0.370 e. The maximum absolute atomic E-state index is 12.2. The van der Waals surface area contributed by atoms with Gasteiger partial charge in [-0.05, 0) is 52.7 Å². The van der Waals surface area contributed by atoms with E-state index in [0.717, 1.165) is 17.4 Å². The number of nitrogens with zero attached hydrogens (tertiary/aromatic N) is 1. The van der Waals surface area contributed by atoms with Crippen LogP contribution >= 0.6 is 27.5 Å². The van der Waals surface area contributed by atoms with Crippen molar-refractivity contribution in [2.75, 3.05) is 17.2 Å². The third-order valence-corrected chi connectivity index (χ3v) is 3.99. The number of amides is 1. The molecule has 1 aromatic carbocycles. The van der Waals surface area contributed by atoms with Gasteiger partial charge in [-0.25, -0.2) is 4.98 Å². The second-order valence-corrected chi connectivity index (χ2v) is 5.70. The normalized spacial score (nSPS) is 10.2. The molecule has 0 radical (unpaired) electrons. The summed E-state index contributed by atoms with van der Waals surface area (Å²) in [7, 11) is 0. The molecule has 1 amide bonds. The van der Waals surface area contributed by atoms with E-state index in [4.69, 9.17) is 11.6 Å². The van der Waals surface area contributed by atoms with E-state index in [2.05, 4.69) is 38.5 Å². The molecule has 2 rings (SSSR count). The lowest BCUT2D eigenvalue weighted by atomic mass is 10.2. The average molecular weight is 369 g/mol. The number of anilines is 2. The standard InChI is InChI=1S/C15H15BrClN3O/c1-2-6-18-14-8-10(5-7-19-14)15(21)20-11-3-4-12(16)13(17)9-11/h3-5,7-9H,2,6H2,1H3,(H,18,19)(H,20,21). The van der Waals surface area contributed by atoms with Crippen molar-refractivity contribution in [3.05, 3.63) is 51.6 Å². The number of aromatic nitrogens is 1. The number of carbonyl (C=O) groups is 1. The molecule has 0 aliphatic heterocycles. The highest BCUT2D eigenvalue weighted by Gasteiger charge is 2.08. The first-order valence-electron chi connectivity index (χ1n) is 6.56. The highest BCUT2D eigenvalue weighted by atomic mass is 79.9. The Morgan fingerprint density at radius 3 is 2.86 bits per heavy atom. The van der Waals surface area contributed by atoms with Gasteiger partial charge in [-0.2, -0.15) is 0 Å². The van der Waals surface area contributed by atoms with Gasteiger partial charge in [0.25, 0.3) is 5.91 Å². The van der Waals surface area contributed by atoms with Crippen molar-refractivity contribution in [3.8, 4) is 0 Å². The van der Waals surface area contributed by atoms with Crippen LogP contribution in [0.4, 0.5) is 11.5 Å². The van der Waals surface area contributed by atoms with Gasteiger partial charge < -0.3 is 10.6 Å². The third-order valence-electron chi connectivity index (χ3n) is 2.76. The van der Waals surface area contributed by atoms with Crippen LogP contribution in [-0.4, -0.2) is 17.4 Å². The number of benzene rings is 1. The van der Waals surface area contributed by atoms with Crippen molar-refractivity contribution in [3.63, 3.8) is 0 Å². The number of rotatable bonds is 5. The molecule has 6 heteroatoms. The van der Waals surface area contributed by atoms with E-state index >= 15 is 0 Å². The summed E-state index contributed by atoms with van der Waals surface area (Å²) in [6, 6.07) is 8.67. The van der Waals surface area contributed by atoms with Gasteiger partial charge in [-0.15, -0.1) is 0 Å². The van der Waals surface area contributed by atoms with E-state index in [1.165, 1.54) is 0 Å². The van der Waals surface area contributed by atoms with Crippen LogP contribution in [0.3, 0.4) is 0 Å². The molecule has 1 heterocycles. The predicted molar refractivity (Wildman–Crippen MR) is 90.1 cm³/mol. The average Bonchev–Trinajstić information content (AvgIpc) is 2.49. The van der Waals surface area contributed by atoms with Crippen LogP contribution in [-0.2, 0) is 0 Å². The SMILES string of the molecule is CCCNc1cc(C(=O)Nc2ccc(Br)c(Cl)c2)ccn1. The molecular weight excluding hydrogens is 354 g/mol. The lowest BCUT2D eigenvalue weighted by Gasteiger charge is -2.08. The van der Waals surface area contributed by atoms with Gasteiger partial charge in [0.15, 0.2) is 0 Å². The molecule has 0 bridgehead atoms. The molecule has 0 atom stereocenters. The van der Waals surface area contributed by atoms with Crippen molar-refractivity contribution in [2.45, 2.75) is 13.3 Å². The van der Waals surface area contributed by atoms with Crippen molar-refractivity contribution >= 4 is 44.9 Å². The van der Waals surface area contributed by atoms with Crippen LogP contribution in [0.15, 0.2) is 41.0 Å². The first-order chi connectivity index (χ1) is 10.1. The van der Waals surface area contributed by atoms with E-state index in [0.29, 0.717) is 22.1 Å². The summed E-state index contributed by atoms with van der Waals surface area (Å²) in [5.74, 6) is 0.494. The van der Waals surface area contributed by atoms with Crippen LogP contribution < -0.4 is 10.6 Å². The molecule has 2 aromatic rings. The molecular formula is C15H15BrClN3O. The minimum atomic E-state index is -0.199. The zero-order valence-electron chi connectivity index (χ0n) is 11.5. The van der Waals surface area contributed by atoms with Gasteiger partial charge in [-0.3, -0.25) is 4.79 Å².